The number of carbonyl (C=O) groups excluding carboxylic acids is 1. The van der Waals surface area contributed by atoms with Gasteiger partial charge in [0.1, 0.15) is 5.75 Å². The minimum Gasteiger partial charge on any atom is -0.494 e. The number of aromatic nitrogens is 1. The van der Waals surface area contributed by atoms with Crippen LogP contribution in [0.25, 0.3) is 0 Å². The number of hydrogen-bond acceptors (Lipinski definition) is 4. The van der Waals surface area contributed by atoms with Crippen LogP contribution in [0.2, 0.25) is 0 Å². The van der Waals surface area contributed by atoms with E-state index < -0.39 is 0 Å². The maximum Gasteiger partial charge on any atom is 0.257 e. The normalized spacial score (nSPS) is 10.1. The molecule has 0 saturated heterocycles. The number of benzene rings is 1. The smallest absolute Gasteiger partial charge is 0.257 e. The molecule has 1 amide bonds. The second-order valence-electron chi connectivity index (χ2n) is 4.44. The van der Waals surface area contributed by atoms with Crippen LogP contribution in [0.3, 0.4) is 0 Å². The number of methoxy groups -OCH3 is 1. The lowest BCUT2D eigenvalue weighted by molar-refractivity contribution is 0.0782. The molecule has 0 aliphatic heterocycles. The number of hydrogen-bond donors (Lipinski definition) is 1. The summed E-state index contributed by atoms with van der Waals surface area (Å²) in [5, 5.41) is 0. The third-order valence-corrected chi connectivity index (χ3v) is 3.04. The zero-order valence-corrected chi connectivity index (χ0v) is 11.5. The summed E-state index contributed by atoms with van der Waals surface area (Å²) >= 11 is 0. The van der Waals surface area contributed by atoms with Crippen LogP contribution in [0.4, 0.5) is 5.69 Å². The second-order valence-corrected chi connectivity index (χ2v) is 4.44. The van der Waals surface area contributed by atoms with Gasteiger partial charge < -0.3 is 15.4 Å². The van der Waals surface area contributed by atoms with Gasteiger partial charge in [-0.2, -0.15) is 0 Å². The molecule has 1 heterocycles. The number of pyridine rings is 1. The van der Waals surface area contributed by atoms with E-state index in [9.17, 15) is 4.79 Å². The number of amides is 1. The lowest BCUT2D eigenvalue weighted by Gasteiger charge is -2.19. The first-order chi connectivity index (χ1) is 9.63. The van der Waals surface area contributed by atoms with Gasteiger partial charge in [0, 0.05) is 25.5 Å². The van der Waals surface area contributed by atoms with Gasteiger partial charge in [-0.05, 0) is 17.7 Å². The standard InChI is InChI=1S/C15H17N3O2/c1-18(10-11-5-3-4-6-13(11)16)15(19)12-7-8-17-9-14(12)20-2/h3-9H,10,16H2,1-2H3. The van der Waals surface area contributed by atoms with Crippen molar-refractivity contribution in [3.05, 3.63) is 53.9 Å². The van der Waals surface area contributed by atoms with Gasteiger partial charge in [0.25, 0.3) is 5.91 Å². The van der Waals surface area contributed by atoms with E-state index in [4.69, 9.17) is 10.5 Å². The van der Waals surface area contributed by atoms with E-state index in [1.54, 1.807) is 24.2 Å². The lowest BCUT2D eigenvalue weighted by Crippen LogP contribution is -2.27. The van der Waals surface area contributed by atoms with Crippen LogP contribution < -0.4 is 10.5 Å². The van der Waals surface area contributed by atoms with Crippen LogP contribution in [0.15, 0.2) is 42.7 Å². The molecule has 0 radical (unpaired) electrons. The molecule has 1 aromatic heterocycles. The number of nitrogens with two attached hydrogens (primary N) is 1. The van der Waals surface area contributed by atoms with Crippen molar-refractivity contribution in [1.29, 1.82) is 0 Å². The van der Waals surface area contributed by atoms with E-state index in [2.05, 4.69) is 4.98 Å². The largest absolute Gasteiger partial charge is 0.494 e. The first-order valence-corrected chi connectivity index (χ1v) is 6.20. The Bertz CT molecular complexity index is 614. The number of ether oxygens (including phenoxy) is 1. The highest BCUT2D eigenvalue weighted by atomic mass is 16.5. The van der Waals surface area contributed by atoms with Crippen molar-refractivity contribution >= 4 is 11.6 Å². The summed E-state index contributed by atoms with van der Waals surface area (Å²) in [5.74, 6) is 0.331. The maximum atomic E-state index is 12.4. The summed E-state index contributed by atoms with van der Waals surface area (Å²) < 4.78 is 5.16. The first kappa shape index (κ1) is 13.9. The summed E-state index contributed by atoms with van der Waals surface area (Å²) in [6, 6.07) is 9.14. The molecule has 0 saturated carbocycles. The van der Waals surface area contributed by atoms with Crippen molar-refractivity contribution in [3.63, 3.8) is 0 Å². The topological polar surface area (TPSA) is 68.5 Å². The van der Waals surface area contributed by atoms with Crippen LogP contribution in [0.5, 0.6) is 5.75 Å². The molecule has 1 aromatic carbocycles. The molecule has 5 nitrogen and oxygen atoms in total. The number of anilines is 1. The van der Waals surface area contributed by atoms with E-state index in [1.807, 2.05) is 24.3 Å². The molecule has 0 atom stereocenters. The Morgan fingerprint density at radius 2 is 2.10 bits per heavy atom. The van der Waals surface area contributed by atoms with Gasteiger partial charge in [-0.3, -0.25) is 9.78 Å². The van der Waals surface area contributed by atoms with Gasteiger partial charge in [0.15, 0.2) is 0 Å². The minimum atomic E-state index is -0.132. The summed E-state index contributed by atoms with van der Waals surface area (Å²) in [5.41, 5.74) is 7.96. The molecule has 0 spiro atoms. The van der Waals surface area contributed by atoms with Gasteiger partial charge in [-0.1, -0.05) is 18.2 Å². The minimum absolute atomic E-state index is 0.132. The molecule has 20 heavy (non-hydrogen) atoms. The Balaban J connectivity index is 2.19. The fourth-order valence-corrected chi connectivity index (χ4v) is 1.93. The molecule has 0 fully saturated rings. The van der Waals surface area contributed by atoms with Crippen molar-refractivity contribution in [2.24, 2.45) is 0 Å². The molecule has 2 rings (SSSR count). The Hall–Kier alpha value is -2.56. The van der Waals surface area contributed by atoms with Gasteiger partial charge in [-0.25, -0.2) is 0 Å². The van der Waals surface area contributed by atoms with Crippen LogP contribution >= 0.6 is 0 Å². The highest BCUT2D eigenvalue weighted by Gasteiger charge is 2.17. The molecule has 2 aromatic rings. The predicted octanol–water partition coefficient (Wildman–Crippen LogP) is 1.94. The molecule has 0 aliphatic carbocycles. The van der Waals surface area contributed by atoms with Crippen molar-refractivity contribution in [3.8, 4) is 5.75 Å². The van der Waals surface area contributed by atoms with E-state index in [0.29, 0.717) is 23.5 Å². The second kappa shape index (κ2) is 6.06. The van der Waals surface area contributed by atoms with Crippen molar-refractivity contribution < 1.29 is 9.53 Å². The third kappa shape index (κ3) is 2.88. The van der Waals surface area contributed by atoms with Gasteiger partial charge in [-0.15, -0.1) is 0 Å². The lowest BCUT2D eigenvalue weighted by atomic mass is 10.1. The summed E-state index contributed by atoms with van der Waals surface area (Å²) in [6.07, 6.45) is 3.10. The Kier molecular flexibility index (Phi) is 4.20. The SMILES string of the molecule is COc1cnccc1C(=O)N(C)Cc1ccccc1N. The van der Waals surface area contributed by atoms with E-state index in [-0.39, 0.29) is 5.91 Å². The van der Waals surface area contributed by atoms with E-state index >= 15 is 0 Å². The van der Waals surface area contributed by atoms with E-state index in [1.165, 1.54) is 13.3 Å². The average molecular weight is 271 g/mol. The van der Waals surface area contributed by atoms with Crippen molar-refractivity contribution in [1.82, 2.24) is 9.88 Å². The summed E-state index contributed by atoms with van der Waals surface area (Å²) in [4.78, 5) is 18.0. The average Bonchev–Trinajstić information content (AvgIpc) is 2.48. The number of nitrogens with zero attached hydrogens (tertiary/aromatic N) is 2. The Morgan fingerprint density at radius 1 is 1.35 bits per heavy atom. The van der Waals surface area contributed by atoms with Crippen molar-refractivity contribution in [2.45, 2.75) is 6.54 Å². The Labute approximate surface area is 118 Å². The molecule has 0 aliphatic rings. The zero-order valence-electron chi connectivity index (χ0n) is 11.5. The molecule has 0 unspecified atom stereocenters. The van der Waals surface area contributed by atoms with Crippen LogP contribution in [-0.2, 0) is 6.54 Å². The zero-order chi connectivity index (χ0) is 14.5. The van der Waals surface area contributed by atoms with Crippen molar-refractivity contribution in [2.75, 3.05) is 19.9 Å². The number of carbonyl (C=O) groups is 1. The fraction of sp³-hybridized carbons (Fsp3) is 0.200. The number of nitrogen functional groups attached to an aromatic ring is 1. The van der Waals surface area contributed by atoms with Gasteiger partial charge in [0.2, 0.25) is 0 Å². The van der Waals surface area contributed by atoms with Gasteiger partial charge in [0.05, 0.1) is 18.9 Å². The predicted molar refractivity (Wildman–Crippen MR) is 77.4 cm³/mol. The molecule has 2 N–H and O–H groups in total. The molecule has 0 bridgehead atoms. The molecular formula is C15H17N3O2. The number of para-hydroxylation sites is 1. The number of rotatable bonds is 4. The quantitative estimate of drug-likeness (QED) is 0.863. The molecule has 104 valence electrons. The third-order valence-electron chi connectivity index (χ3n) is 3.04. The van der Waals surface area contributed by atoms with Crippen LogP contribution in [0.1, 0.15) is 15.9 Å². The molecule has 5 heteroatoms. The van der Waals surface area contributed by atoms with Crippen LogP contribution in [-0.4, -0.2) is 29.9 Å². The van der Waals surface area contributed by atoms with Crippen LogP contribution in [0, 0.1) is 0 Å². The molecular weight excluding hydrogens is 254 g/mol. The Morgan fingerprint density at radius 3 is 2.80 bits per heavy atom. The van der Waals surface area contributed by atoms with E-state index in [0.717, 1.165) is 5.56 Å². The maximum absolute atomic E-state index is 12.4. The summed E-state index contributed by atoms with van der Waals surface area (Å²) in [7, 11) is 3.25. The fourth-order valence-electron chi connectivity index (χ4n) is 1.93. The highest BCUT2D eigenvalue weighted by Crippen LogP contribution is 2.19. The first-order valence-electron chi connectivity index (χ1n) is 6.20. The summed E-state index contributed by atoms with van der Waals surface area (Å²) in [6.45, 7) is 0.441. The highest BCUT2D eigenvalue weighted by molar-refractivity contribution is 5.96. The van der Waals surface area contributed by atoms with Gasteiger partial charge >= 0.3 is 0 Å². The monoisotopic (exact) mass is 271 g/mol.